The van der Waals surface area contributed by atoms with Gasteiger partial charge in [0.2, 0.25) is 17.7 Å². The summed E-state index contributed by atoms with van der Waals surface area (Å²) in [4.78, 5) is 61.8. The lowest BCUT2D eigenvalue weighted by Gasteiger charge is -2.30. The van der Waals surface area contributed by atoms with Crippen molar-refractivity contribution in [3.8, 4) is 5.75 Å². The summed E-state index contributed by atoms with van der Waals surface area (Å²) in [5.41, 5.74) is 6.37. The number of aliphatic hydroxyl groups excluding tert-OH is 1. The zero-order chi connectivity index (χ0) is 26.1. The van der Waals surface area contributed by atoms with E-state index < -0.39 is 60.4 Å². The Morgan fingerprint density at radius 1 is 1.06 bits per heavy atom. The number of aliphatic carboxylic acids is 2. The number of carbonyl (C=O) groups is 5. The van der Waals surface area contributed by atoms with Crippen LogP contribution in [-0.4, -0.2) is 92.3 Å². The smallest absolute Gasteiger partial charge is 0.328 e. The second-order valence-electron chi connectivity index (χ2n) is 8.24. The van der Waals surface area contributed by atoms with E-state index in [2.05, 4.69) is 10.6 Å². The third-order valence-corrected chi connectivity index (χ3v) is 5.63. The van der Waals surface area contributed by atoms with Gasteiger partial charge >= 0.3 is 11.9 Å². The molecule has 1 fully saturated rings. The minimum atomic E-state index is -1.53. The number of carbonyl (C=O) groups excluding carboxylic acids is 3. The van der Waals surface area contributed by atoms with E-state index >= 15 is 0 Å². The van der Waals surface area contributed by atoms with Crippen LogP contribution >= 0.6 is 0 Å². The Morgan fingerprint density at radius 2 is 1.71 bits per heavy atom. The van der Waals surface area contributed by atoms with Crippen LogP contribution in [0.5, 0.6) is 5.75 Å². The van der Waals surface area contributed by atoms with Gasteiger partial charge in [-0.05, 0) is 37.0 Å². The molecule has 13 heteroatoms. The van der Waals surface area contributed by atoms with Gasteiger partial charge < -0.3 is 41.7 Å². The molecule has 1 aliphatic heterocycles. The molecule has 35 heavy (non-hydrogen) atoms. The molecule has 1 aliphatic rings. The molecule has 0 aromatic heterocycles. The molecule has 0 spiro atoms. The normalized spacial score (nSPS) is 17.8. The fraction of sp³-hybridized carbons (Fsp3) is 0.500. The van der Waals surface area contributed by atoms with Crippen LogP contribution in [0.3, 0.4) is 0 Å². The molecule has 1 heterocycles. The van der Waals surface area contributed by atoms with Crippen LogP contribution in [0.25, 0.3) is 0 Å². The molecular weight excluding hydrogens is 464 g/mol. The number of nitrogens with zero attached hydrogens (tertiary/aromatic N) is 1. The van der Waals surface area contributed by atoms with Crippen LogP contribution < -0.4 is 16.4 Å². The maximum Gasteiger partial charge on any atom is 0.328 e. The monoisotopic (exact) mass is 494 g/mol. The third kappa shape index (κ3) is 7.93. The first-order valence-corrected chi connectivity index (χ1v) is 11.0. The van der Waals surface area contributed by atoms with Gasteiger partial charge in [-0.25, -0.2) is 4.79 Å². The molecule has 2 rings (SSSR count). The van der Waals surface area contributed by atoms with Crippen molar-refractivity contribution in [2.45, 2.75) is 56.3 Å². The van der Waals surface area contributed by atoms with Gasteiger partial charge in [-0.1, -0.05) is 12.1 Å². The van der Waals surface area contributed by atoms with Crippen molar-refractivity contribution >= 4 is 29.7 Å². The zero-order valence-electron chi connectivity index (χ0n) is 18.9. The van der Waals surface area contributed by atoms with Crippen molar-refractivity contribution in [2.24, 2.45) is 5.73 Å². The number of carboxylic acids is 2. The van der Waals surface area contributed by atoms with Crippen molar-refractivity contribution < 1.29 is 44.4 Å². The van der Waals surface area contributed by atoms with Crippen molar-refractivity contribution in [1.29, 1.82) is 0 Å². The molecule has 13 nitrogen and oxygen atoms in total. The molecule has 1 saturated heterocycles. The van der Waals surface area contributed by atoms with Crippen LogP contribution in [0.4, 0.5) is 0 Å². The van der Waals surface area contributed by atoms with Crippen LogP contribution in [-0.2, 0) is 30.4 Å². The third-order valence-electron chi connectivity index (χ3n) is 5.63. The highest BCUT2D eigenvalue weighted by molar-refractivity contribution is 5.94. The first kappa shape index (κ1) is 27.5. The molecule has 0 aliphatic carbocycles. The summed E-state index contributed by atoms with van der Waals surface area (Å²) in [7, 11) is 0. The highest BCUT2D eigenvalue weighted by atomic mass is 16.4. The average Bonchev–Trinajstić information content (AvgIpc) is 3.31. The van der Waals surface area contributed by atoms with Gasteiger partial charge in [0, 0.05) is 19.4 Å². The van der Waals surface area contributed by atoms with Gasteiger partial charge in [0.1, 0.15) is 23.9 Å². The van der Waals surface area contributed by atoms with Crippen molar-refractivity contribution in [3.63, 3.8) is 0 Å². The molecule has 0 radical (unpaired) electrons. The van der Waals surface area contributed by atoms with E-state index in [9.17, 15) is 34.2 Å². The fourth-order valence-corrected chi connectivity index (χ4v) is 3.71. The maximum absolute atomic E-state index is 13.4. The van der Waals surface area contributed by atoms with E-state index in [1.807, 2.05) is 0 Å². The van der Waals surface area contributed by atoms with Gasteiger partial charge in [-0.2, -0.15) is 0 Å². The largest absolute Gasteiger partial charge is 0.508 e. The summed E-state index contributed by atoms with van der Waals surface area (Å²) in [5.74, 6) is -4.64. The summed E-state index contributed by atoms with van der Waals surface area (Å²) >= 11 is 0. The lowest BCUT2D eigenvalue weighted by molar-refractivity contribution is -0.145. The number of likely N-dealkylation sites (tertiary alicyclic amines) is 1. The minimum absolute atomic E-state index is 0.00417. The topological polar surface area (TPSA) is 220 Å². The molecule has 192 valence electrons. The Kier molecular flexibility index (Phi) is 9.97. The number of hydrogen-bond acceptors (Lipinski definition) is 8. The van der Waals surface area contributed by atoms with E-state index in [1.54, 1.807) is 12.1 Å². The van der Waals surface area contributed by atoms with E-state index in [0.29, 0.717) is 12.0 Å². The SMILES string of the molecule is NC(CCC(=O)O)C(=O)NC(Cc1ccc(O)cc1)C(=O)N1CCCC1C(=O)NC(CO)C(=O)O. The molecule has 0 bridgehead atoms. The lowest BCUT2D eigenvalue weighted by atomic mass is 10.0. The number of aromatic hydroxyl groups is 1. The summed E-state index contributed by atoms with van der Waals surface area (Å²) in [5, 5.41) is 41.3. The van der Waals surface area contributed by atoms with Gasteiger partial charge in [-0.3, -0.25) is 19.2 Å². The number of phenols is 1. The molecule has 4 atom stereocenters. The first-order chi connectivity index (χ1) is 16.5. The molecule has 1 aromatic carbocycles. The Balaban J connectivity index is 2.21. The second kappa shape index (κ2) is 12.7. The molecule has 8 N–H and O–H groups in total. The average molecular weight is 495 g/mol. The molecule has 3 amide bonds. The predicted octanol–water partition coefficient (Wildman–Crippen LogP) is -1.84. The fourth-order valence-electron chi connectivity index (χ4n) is 3.71. The van der Waals surface area contributed by atoms with Gasteiger partial charge in [0.25, 0.3) is 0 Å². The van der Waals surface area contributed by atoms with Crippen LogP contribution in [0.1, 0.15) is 31.2 Å². The van der Waals surface area contributed by atoms with Gasteiger partial charge in [0.05, 0.1) is 12.6 Å². The quantitative estimate of drug-likeness (QED) is 0.172. The number of nitrogens with one attached hydrogen (secondary N) is 2. The number of carboxylic acid groups (broad SMARTS) is 2. The van der Waals surface area contributed by atoms with E-state index in [1.165, 1.54) is 17.0 Å². The lowest BCUT2D eigenvalue weighted by Crippen LogP contribution is -2.57. The Hall–Kier alpha value is -3.71. The van der Waals surface area contributed by atoms with Crippen LogP contribution in [0.2, 0.25) is 0 Å². The maximum atomic E-state index is 13.4. The first-order valence-electron chi connectivity index (χ1n) is 11.0. The Labute approximate surface area is 200 Å². The van der Waals surface area contributed by atoms with Crippen LogP contribution in [0.15, 0.2) is 24.3 Å². The standard InChI is InChI=1S/C22H30N4O9/c23-14(7-8-18(29)30)19(31)24-15(10-12-3-5-13(28)6-4-12)21(33)26-9-1-2-17(26)20(32)25-16(11-27)22(34)35/h3-6,14-17,27-28H,1-2,7-11,23H2,(H,24,31)(H,25,32)(H,29,30)(H,34,35). The molecule has 1 aromatic rings. The van der Waals surface area contributed by atoms with Crippen molar-refractivity contribution in [3.05, 3.63) is 29.8 Å². The highest BCUT2D eigenvalue weighted by Crippen LogP contribution is 2.21. The minimum Gasteiger partial charge on any atom is -0.508 e. The Morgan fingerprint density at radius 3 is 2.29 bits per heavy atom. The highest BCUT2D eigenvalue weighted by Gasteiger charge is 2.39. The summed E-state index contributed by atoms with van der Waals surface area (Å²) in [6, 6.07) is 1.05. The van der Waals surface area contributed by atoms with E-state index in [4.69, 9.17) is 15.9 Å². The second-order valence-corrected chi connectivity index (χ2v) is 8.24. The molecule has 4 unspecified atom stereocenters. The van der Waals surface area contributed by atoms with Gasteiger partial charge in [0.15, 0.2) is 0 Å². The summed E-state index contributed by atoms with van der Waals surface area (Å²) in [6.07, 6.45) is 0.227. The number of aliphatic hydroxyl groups is 1. The summed E-state index contributed by atoms with van der Waals surface area (Å²) < 4.78 is 0. The molecular formula is C22H30N4O9. The number of phenolic OH excluding ortho intramolecular Hbond substituents is 1. The molecule has 0 saturated carbocycles. The number of benzene rings is 1. The number of rotatable bonds is 12. The predicted molar refractivity (Wildman–Crippen MR) is 120 cm³/mol. The number of nitrogens with two attached hydrogens (primary N) is 1. The van der Waals surface area contributed by atoms with Crippen LogP contribution in [0, 0.1) is 0 Å². The number of amides is 3. The zero-order valence-corrected chi connectivity index (χ0v) is 18.9. The van der Waals surface area contributed by atoms with Gasteiger partial charge in [-0.15, -0.1) is 0 Å². The van der Waals surface area contributed by atoms with Crippen molar-refractivity contribution in [2.75, 3.05) is 13.2 Å². The summed E-state index contributed by atoms with van der Waals surface area (Å²) in [6.45, 7) is -0.643. The Bertz CT molecular complexity index is 937. The number of hydrogen-bond donors (Lipinski definition) is 7. The van der Waals surface area contributed by atoms with E-state index in [-0.39, 0.29) is 38.0 Å². The van der Waals surface area contributed by atoms with Crippen molar-refractivity contribution in [1.82, 2.24) is 15.5 Å². The van der Waals surface area contributed by atoms with E-state index in [0.717, 1.165) is 0 Å².